The van der Waals surface area contributed by atoms with Crippen molar-refractivity contribution in [1.82, 2.24) is 30.4 Å². The Morgan fingerprint density at radius 1 is 1.24 bits per heavy atom. The fraction of sp³-hybridized carbons (Fsp3) is 0.625. The molecule has 0 aliphatic heterocycles. The minimum absolute atomic E-state index is 0.470. The maximum Gasteiger partial charge on any atom is 0.192 e. The van der Waals surface area contributed by atoms with Gasteiger partial charge in [0.15, 0.2) is 11.8 Å². The number of hydrogen-bond acceptors (Lipinski definition) is 6. The van der Waals surface area contributed by atoms with Crippen molar-refractivity contribution in [3.05, 3.63) is 27.2 Å². The standard InChI is InChI=1S/C16H27N7OS/c1-11-14(25-13(3)20-11)9-18-16(17-7-6-8-24-5)19-10-15-22-21-12(2)23(15)4/h6-10H2,1-5H3,(H2,17,18,19). The molecule has 2 aromatic heterocycles. The second kappa shape index (κ2) is 9.47. The Hall–Kier alpha value is -2.00. The predicted molar refractivity (Wildman–Crippen MR) is 99.8 cm³/mol. The third-order valence-corrected chi connectivity index (χ3v) is 4.87. The first kappa shape index (κ1) is 19.3. The fourth-order valence-corrected chi connectivity index (χ4v) is 3.11. The number of hydrogen-bond donors (Lipinski definition) is 2. The van der Waals surface area contributed by atoms with Crippen molar-refractivity contribution in [2.75, 3.05) is 20.3 Å². The van der Waals surface area contributed by atoms with Gasteiger partial charge in [-0.05, 0) is 27.2 Å². The molecule has 0 spiro atoms. The third-order valence-electron chi connectivity index (χ3n) is 3.79. The van der Waals surface area contributed by atoms with Gasteiger partial charge >= 0.3 is 0 Å². The first-order chi connectivity index (χ1) is 12.0. The molecule has 0 saturated carbocycles. The number of thiazole rings is 1. The van der Waals surface area contributed by atoms with Gasteiger partial charge in [-0.3, -0.25) is 0 Å². The van der Waals surface area contributed by atoms with E-state index in [9.17, 15) is 0 Å². The molecule has 8 nitrogen and oxygen atoms in total. The van der Waals surface area contributed by atoms with Crippen LogP contribution in [0.5, 0.6) is 0 Å². The average molecular weight is 366 g/mol. The van der Waals surface area contributed by atoms with Crippen molar-refractivity contribution in [2.24, 2.45) is 12.0 Å². The smallest absolute Gasteiger partial charge is 0.192 e. The Bertz CT molecular complexity index is 707. The topological polar surface area (TPSA) is 89.2 Å². The number of aryl methyl sites for hydroxylation is 3. The summed E-state index contributed by atoms with van der Waals surface area (Å²) in [4.78, 5) is 10.3. The maximum atomic E-state index is 5.09. The third kappa shape index (κ3) is 5.79. The lowest BCUT2D eigenvalue weighted by atomic mass is 10.4. The zero-order chi connectivity index (χ0) is 18.2. The summed E-state index contributed by atoms with van der Waals surface area (Å²) in [6.07, 6.45) is 0.916. The van der Waals surface area contributed by atoms with E-state index >= 15 is 0 Å². The molecule has 0 radical (unpaired) electrons. The molecule has 0 bridgehead atoms. The van der Waals surface area contributed by atoms with Gasteiger partial charge in [-0.1, -0.05) is 0 Å². The summed E-state index contributed by atoms with van der Waals surface area (Å²) >= 11 is 1.71. The summed E-state index contributed by atoms with van der Waals surface area (Å²) in [5, 5.41) is 16.0. The van der Waals surface area contributed by atoms with Crippen LogP contribution in [-0.2, 0) is 24.9 Å². The second-order valence-electron chi connectivity index (χ2n) is 5.76. The molecular formula is C16H27N7OS. The van der Waals surface area contributed by atoms with Crippen molar-refractivity contribution < 1.29 is 4.74 Å². The number of aromatic nitrogens is 4. The van der Waals surface area contributed by atoms with Crippen LogP contribution in [0.2, 0.25) is 0 Å². The number of ether oxygens (including phenoxy) is 1. The number of methoxy groups -OCH3 is 1. The molecule has 0 amide bonds. The van der Waals surface area contributed by atoms with Gasteiger partial charge in [-0.25, -0.2) is 9.98 Å². The summed E-state index contributed by atoms with van der Waals surface area (Å²) in [6.45, 7) is 8.66. The second-order valence-corrected chi connectivity index (χ2v) is 7.04. The minimum Gasteiger partial charge on any atom is -0.385 e. The van der Waals surface area contributed by atoms with Crippen LogP contribution >= 0.6 is 11.3 Å². The van der Waals surface area contributed by atoms with Gasteiger partial charge in [0.1, 0.15) is 12.4 Å². The molecule has 138 valence electrons. The van der Waals surface area contributed by atoms with E-state index in [2.05, 4.69) is 30.8 Å². The Kier molecular flexibility index (Phi) is 7.32. The van der Waals surface area contributed by atoms with Gasteiger partial charge < -0.3 is 19.9 Å². The Morgan fingerprint density at radius 2 is 2.04 bits per heavy atom. The van der Waals surface area contributed by atoms with Crippen LogP contribution in [0.3, 0.4) is 0 Å². The van der Waals surface area contributed by atoms with Gasteiger partial charge in [0, 0.05) is 32.2 Å². The number of aliphatic imine (C=N–C) groups is 1. The predicted octanol–water partition coefficient (Wildman–Crippen LogP) is 1.47. The molecule has 2 aromatic rings. The summed E-state index contributed by atoms with van der Waals surface area (Å²) in [5.74, 6) is 2.46. The molecule has 25 heavy (non-hydrogen) atoms. The lowest BCUT2D eigenvalue weighted by Gasteiger charge is -2.12. The van der Waals surface area contributed by atoms with E-state index in [0.717, 1.165) is 47.9 Å². The van der Waals surface area contributed by atoms with E-state index in [1.807, 2.05) is 32.4 Å². The zero-order valence-corrected chi connectivity index (χ0v) is 16.4. The molecule has 2 rings (SSSR count). The van der Waals surface area contributed by atoms with Crippen molar-refractivity contribution in [3.8, 4) is 0 Å². The molecule has 0 aromatic carbocycles. The molecule has 0 fully saturated rings. The van der Waals surface area contributed by atoms with Crippen LogP contribution in [0, 0.1) is 20.8 Å². The largest absolute Gasteiger partial charge is 0.385 e. The molecule has 0 saturated heterocycles. The first-order valence-electron chi connectivity index (χ1n) is 8.30. The molecule has 9 heteroatoms. The van der Waals surface area contributed by atoms with Crippen molar-refractivity contribution in [3.63, 3.8) is 0 Å². The van der Waals surface area contributed by atoms with Crippen LogP contribution in [-0.4, -0.2) is 46.0 Å². The average Bonchev–Trinajstić information content (AvgIpc) is 3.08. The molecule has 0 atom stereocenters. The molecular weight excluding hydrogens is 338 g/mol. The summed E-state index contributed by atoms with van der Waals surface area (Å²) < 4.78 is 7.04. The number of nitrogens with zero attached hydrogens (tertiary/aromatic N) is 5. The molecule has 2 heterocycles. The summed E-state index contributed by atoms with van der Waals surface area (Å²) in [5.41, 5.74) is 1.07. The minimum atomic E-state index is 0.470. The van der Waals surface area contributed by atoms with E-state index in [4.69, 9.17) is 4.74 Å². The quantitative estimate of drug-likeness (QED) is 0.418. The SMILES string of the molecule is COCCCNC(=NCc1nnc(C)n1C)NCc1sc(C)nc1C. The maximum absolute atomic E-state index is 5.09. The highest BCUT2D eigenvalue weighted by Crippen LogP contribution is 2.16. The Balaban J connectivity index is 1.99. The Labute approximate surface area is 152 Å². The number of nitrogens with one attached hydrogen (secondary N) is 2. The number of rotatable bonds is 8. The normalized spacial score (nSPS) is 11.8. The summed E-state index contributed by atoms with van der Waals surface area (Å²) in [6, 6.07) is 0. The molecule has 0 unspecified atom stereocenters. The highest BCUT2D eigenvalue weighted by atomic mass is 32.1. The van der Waals surface area contributed by atoms with Crippen molar-refractivity contribution >= 4 is 17.3 Å². The van der Waals surface area contributed by atoms with Crippen LogP contribution in [0.15, 0.2) is 4.99 Å². The highest BCUT2D eigenvalue weighted by molar-refractivity contribution is 7.11. The van der Waals surface area contributed by atoms with Gasteiger partial charge in [-0.15, -0.1) is 21.5 Å². The molecule has 2 N–H and O–H groups in total. The van der Waals surface area contributed by atoms with Crippen molar-refractivity contribution in [1.29, 1.82) is 0 Å². The van der Waals surface area contributed by atoms with E-state index in [0.29, 0.717) is 13.1 Å². The number of guanidine groups is 1. The monoisotopic (exact) mass is 365 g/mol. The van der Waals surface area contributed by atoms with Crippen LogP contribution < -0.4 is 10.6 Å². The highest BCUT2D eigenvalue weighted by Gasteiger charge is 2.08. The fourth-order valence-electron chi connectivity index (χ4n) is 2.24. The van der Waals surface area contributed by atoms with Gasteiger partial charge in [0.25, 0.3) is 0 Å². The van der Waals surface area contributed by atoms with E-state index in [1.54, 1.807) is 18.4 Å². The van der Waals surface area contributed by atoms with Crippen LogP contribution in [0.25, 0.3) is 0 Å². The molecule has 0 aliphatic rings. The molecule has 0 aliphatic carbocycles. The Morgan fingerprint density at radius 3 is 2.64 bits per heavy atom. The van der Waals surface area contributed by atoms with Crippen molar-refractivity contribution in [2.45, 2.75) is 40.3 Å². The first-order valence-corrected chi connectivity index (χ1v) is 9.11. The zero-order valence-electron chi connectivity index (χ0n) is 15.6. The van der Waals surface area contributed by atoms with E-state index < -0.39 is 0 Å². The van der Waals surface area contributed by atoms with Gasteiger partial charge in [0.2, 0.25) is 0 Å². The van der Waals surface area contributed by atoms with E-state index in [1.165, 1.54) is 4.88 Å². The van der Waals surface area contributed by atoms with Crippen LogP contribution in [0.4, 0.5) is 0 Å². The van der Waals surface area contributed by atoms with Crippen LogP contribution in [0.1, 0.15) is 33.6 Å². The lowest BCUT2D eigenvalue weighted by Crippen LogP contribution is -2.37. The van der Waals surface area contributed by atoms with Gasteiger partial charge in [-0.2, -0.15) is 0 Å². The van der Waals surface area contributed by atoms with Gasteiger partial charge in [0.05, 0.1) is 17.2 Å². The lowest BCUT2D eigenvalue weighted by molar-refractivity contribution is 0.195. The van der Waals surface area contributed by atoms with E-state index in [-0.39, 0.29) is 0 Å². The summed E-state index contributed by atoms with van der Waals surface area (Å²) in [7, 11) is 3.65.